The van der Waals surface area contributed by atoms with Gasteiger partial charge in [0.25, 0.3) is 0 Å². The van der Waals surface area contributed by atoms with Crippen molar-refractivity contribution in [2.75, 3.05) is 39.6 Å². The standard InChI is InChI=1S/C72H140O17P2/c1-6-9-12-15-17-19-21-23-24-25-26-27-28-29-35-39-43-48-53-58-72(77)89-68(62-83-70(75)56-51-46-41-37-34-31-30-32-36-40-45-49-54-65(4)5)64-87-91(80,81)85-60-66(73)59-84-90(78,79)86-63-67(61-82-69(74)55-50-44-14-11-8-3)88-71(76)57-52-47-42-38-33-22-20-18-16-13-10-7-2/h65-68,73H,6-64H2,1-5H3,(H,78,79)(H,80,81)/t66-,67+,68+/m0/s1. The summed E-state index contributed by atoms with van der Waals surface area (Å²) in [6.07, 6.45) is 53.1. The van der Waals surface area contributed by atoms with E-state index in [1.807, 2.05) is 0 Å². The molecule has 0 aromatic heterocycles. The highest BCUT2D eigenvalue weighted by Crippen LogP contribution is 2.45. The number of phosphoric acid groups is 2. The topological polar surface area (TPSA) is 237 Å². The van der Waals surface area contributed by atoms with Crippen LogP contribution in [0.4, 0.5) is 0 Å². The third-order valence-electron chi connectivity index (χ3n) is 16.8. The molecule has 2 unspecified atom stereocenters. The zero-order valence-corrected chi connectivity index (χ0v) is 60.8. The number of carbonyl (C=O) groups is 4. The minimum absolute atomic E-state index is 0.107. The van der Waals surface area contributed by atoms with Crippen molar-refractivity contribution >= 4 is 39.5 Å². The van der Waals surface area contributed by atoms with Crippen molar-refractivity contribution < 1.29 is 80.2 Å². The molecule has 0 heterocycles. The van der Waals surface area contributed by atoms with Gasteiger partial charge in [-0.2, -0.15) is 0 Å². The van der Waals surface area contributed by atoms with Gasteiger partial charge in [-0.15, -0.1) is 0 Å². The van der Waals surface area contributed by atoms with Crippen molar-refractivity contribution in [1.29, 1.82) is 0 Å². The van der Waals surface area contributed by atoms with E-state index in [0.717, 1.165) is 102 Å². The Kier molecular flexibility index (Phi) is 64.0. The molecule has 0 radical (unpaired) electrons. The van der Waals surface area contributed by atoms with Crippen molar-refractivity contribution in [2.24, 2.45) is 5.92 Å². The van der Waals surface area contributed by atoms with E-state index in [-0.39, 0.29) is 25.7 Å². The van der Waals surface area contributed by atoms with Crippen molar-refractivity contribution in [3.05, 3.63) is 0 Å². The molecule has 0 spiro atoms. The maximum absolute atomic E-state index is 13.0. The van der Waals surface area contributed by atoms with Gasteiger partial charge in [0.2, 0.25) is 0 Å². The average Bonchev–Trinajstić information content (AvgIpc) is 3.64. The van der Waals surface area contributed by atoms with Gasteiger partial charge >= 0.3 is 39.5 Å². The summed E-state index contributed by atoms with van der Waals surface area (Å²) in [4.78, 5) is 72.3. The van der Waals surface area contributed by atoms with Crippen LogP contribution >= 0.6 is 15.6 Å². The number of phosphoric ester groups is 2. The molecule has 3 N–H and O–H groups in total. The molecule has 0 aromatic carbocycles. The second-order valence-corrected chi connectivity index (χ2v) is 29.4. The maximum Gasteiger partial charge on any atom is 0.472 e. The highest BCUT2D eigenvalue weighted by Gasteiger charge is 2.30. The lowest BCUT2D eigenvalue weighted by molar-refractivity contribution is -0.161. The Bertz CT molecular complexity index is 1750. The number of hydrogen-bond acceptors (Lipinski definition) is 15. The number of hydrogen-bond donors (Lipinski definition) is 3. The van der Waals surface area contributed by atoms with Crippen molar-refractivity contribution in [2.45, 2.75) is 393 Å². The Morgan fingerprint density at radius 3 is 0.747 bits per heavy atom. The van der Waals surface area contributed by atoms with Crippen LogP contribution in [-0.4, -0.2) is 96.7 Å². The van der Waals surface area contributed by atoms with Gasteiger partial charge in [-0.1, -0.05) is 324 Å². The fraction of sp³-hybridized carbons (Fsp3) is 0.944. The predicted molar refractivity (Wildman–Crippen MR) is 368 cm³/mol. The number of unbranched alkanes of at least 4 members (excludes halogenated alkanes) is 44. The number of aliphatic hydroxyl groups excluding tert-OH is 1. The Morgan fingerprint density at radius 2 is 0.505 bits per heavy atom. The minimum atomic E-state index is -4.95. The summed E-state index contributed by atoms with van der Waals surface area (Å²) in [6.45, 7) is 7.19. The van der Waals surface area contributed by atoms with Gasteiger partial charge in [-0.3, -0.25) is 37.3 Å². The van der Waals surface area contributed by atoms with E-state index in [9.17, 15) is 43.2 Å². The van der Waals surface area contributed by atoms with E-state index < -0.39 is 97.5 Å². The molecule has 0 aromatic rings. The third kappa shape index (κ3) is 66.5. The van der Waals surface area contributed by atoms with Gasteiger partial charge in [0.1, 0.15) is 19.3 Å². The Hall–Kier alpha value is -1.94. The molecule has 0 saturated carbocycles. The minimum Gasteiger partial charge on any atom is -0.462 e. The van der Waals surface area contributed by atoms with Gasteiger partial charge in [-0.05, 0) is 31.6 Å². The molecular formula is C72H140O17P2. The van der Waals surface area contributed by atoms with Gasteiger partial charge in [-0.25, -0.2) is 9.13 Å². The highest BCUT2D eigenvalue weighted by molar-refractivity contribution is 7.47. The van der Waals surface area contributed by atoms with E-state index in [1.54, 1.807) is 0 Å². The summed E-state index contributed by atoms with van der Waals surface area (Å²) in [5.41, 5.74) is 0. The smallest absolute Gasteiger partial charge is 0.462 e. The van der Waals surface area contributed by atoms with Crippen LogP contribution in [0.2, 0.25) is 0 Å². The fourth-order valence-corrected chi connectivity index (χ4v) is 12.6. The van der Waals surface area contributed by atoms with E-state index in [2.05, 4.69) is 34.6 Å². The average molecular weight is 1340 g/mol. The quantitative estimate of drug-likeness (QED) is 0.0222. The van der Waals surface area contributed by atoms with Crippen LogP contribution in [0.5, 0.6) is 0 Å². The van der Waals surface area contributed by atoms with Crippen LogP contribution in [-0.2, 0) is 65.4 Å². The summed E-state index contributed by atoms with van der Waals surface area (Å²) in [5.74, 6) is -1.35. The monoisotopic (exact) mass is 1340 g/mol. The lowest BCUT2D eigenvalue weighted by Gasteiger charge is -2.21. The normalized spacial score (nSPS) is 14.0. The molecule has 0 aliphatic carbocycles. The van der Waals surface area contributed by atoms with Crippen LogP contribution in [0.15, 0.2) is 0 Å². The molecule has 0 aliphatic heterocycles. The molecule has 91 heavy (non-hydrogen) atoms. The summed E-state index contributed by atoms with van der Waals surface area (Å²) in [6, 6.07) is 0. The van der Waals surface area contributed by atoms with Gasteiger partial charge in [0.15, 0.2) is 12.2 Å². The number of ether oxygens (including phenoxy) is 4. The number of aliphatic hydroxyl groups is 1. The van der Waals surface area contributed by atoms with Gasteiger partial charge in [0.05, 0.1) is 26.4 Å². The molecule has 0 rings (SSSR count). The maximum atomic E-state index is 13.0. The second kappa shape index (κ2) is 65.4. The molecule has 0 bridgehead atoms. The predicted octanol–water partition coefficient (Wildman–Crippen LogP) is 20.9. The zero-order chi connectivity index (χ0) is 67.0. The second-order valence-electron chi connectivity index (χ2n) is 26.5. The SMILES string of the molecule is CCCCCCCCCCCCCCCCCCCCCC(=O)O[C@H](COC(=O)CCCCCCCCCCCCCCC(C)C)COP(=O)(O)OC[C@@H](O)COP(=O)(O)OC[C@@H](COC(=O)CCCCCCC)OC(=O)CCCCCCCCCCCCCC. The van der Waals surface area contributed by atoms with Crippen molar-refractivity contribution in [1.82, 2.24) is 0 Å². The Labute approximate surface area is 556 Å². The summed E-state index contributed by atoms with van der Waals surface area (Å²) < 4.78 is 68.1. The van der Waals surface area contributed by atoms with Crippen LogP contribution < -0.4 is 0 Å². The van der Waals surface area contributed by atoms with Crippen LogP contribution in [0.25, 0.3) is 0 Å². The van der Waals surface area contributed by atoms with Crippen molar-refractivity contribution in [3.8, 4) is 0 Å². The number of esters is 4. The molecule has 5 atom stereocenters. The molecule has 0 saturated heterocycles. The van der Waals surface area contributed by atoms with Crippen molar-refractivity contribution in [3.63, 3.8) is 0 Å². The Balaban J connectivity index is 5.14. The summed E-state index contributed by atoms with van der Waals surface area (Å²) in [5, 5.41) is 10.6. The number of rotatable bonds is 72. The number of carbonyl (C=O) groups excluding carboxylic acids is 4. The molecule has 0 fully saturated rings. The van der Waals surface area contributed by atoms with E-state index in [4.69, 9.17) is 37.0 Å². The van der Waals surface area contributed by atoms with E-state index in [0.29, 0.717) is 25.7 Å². The molecule has 17 nitrogen and oxygen atoms in total. The van der Waals surface area contributed by atoms with E-state index >= 15 is 0 Å². The van der Waals surface area contributed by atoms with Gasteiger partial charge in [0, 0.05) is 25.7 Å². The first-order chi connectivity index (χ1) is 44.0. The van der Waals surface area contributed by atoms with Gasteiger partial charge < -0.3 is 33.8 Å². The third-order valence-corrected chi connectivity index (χ3v) is 18.7. The molecular weight excluding hydrogens is 1200 g/mol. The van der Waals surface area contributed by atoms with Crippen LogP contribution in [0, 0.1) is 5.92 Å². The first-order valence-electron chi connectivity index (χ1n) is 37.6. The molecule has 0 amide bonds. The Morgan fingerprint density at radius 1 is 0.297 bits per heavy atom. The molecule has 0 aliphatic rings. The van der Waals surface area contributed by atoms with Crippen LogP contribution in [0.3, 0.4) is 0 Å². The largest absolute Gasteiger partial charge is 0.472 e. The fourth-order valence-electron chi connectivity index (χ4n) is 11.0. The van der Waals surface area contributed by atoms with Crippen LogP contribution in [0.1, 0.15) is 375 Å². The lowest BCUT2D eigenvalue weighted by Crippen LogP contribution is -2.30. The molecule has 19 heteroatoms. The first-order valence-corrected chi connectivity index (χ1v) is 40.6. The summed E-state index contributed by atoms with van der Waals surface area (Å²) >= 11 is 0. The first kappa shape index (κ1) is 89.1. The lowest BCUT2D eigenvalue weighted by atomic mass is 10.0. The van der Waals surface area contributed by atoms with E-state index in [1.165, 1.54) is 193 Å². The molecule has 540 valence electrons. The highest BCUT2D eigenvalue weighted by atomic mass is 31.2. The zero-order valence-electron chi connectivity index (χ0n) is 59.0. The summed E-state index contributed by atoms with van der Waals surface area (Å²) in [7, 11) is -9.89.